The molecule has 0 aliphatic carbocycles. The molecule has 0 amide bonds. The van der Waals surface area contributed by atoms with E-state index < -0.39 is 0 Å². The number of nitrogens with zero attached hydrogens (tertiary/aromatic N) is 3. The average molecular weight is 341 g/mol. The molecule has 0 bridgehead atoms. The molecule has 101 valence electrons. The Bertz CT molecular complexity index is 557. The van der Waals surface area contributed by atoms with Gasteiger partial charge in [0.15, 0.2) is 0 Å². The molecular weight excluding hydrogens is 325 g/mol. The predicted molar refractivity (Wildman–Crippen MR) is 78.0 cm³/mol. The summed E-state index contributed by atoms with van der Waals surface area (Å²) in [5.41, 5.74) is 2.13. The van der Waals surface area contributed by atoms with E-state index in [-0.39, 0.29) is 22.4 Å². The molecule has 19 heavy (non-hydrogen) atoms. The fourth-order valence-electron chi connectivity index (χ4n) is 1.75. The molecule has 0 unspecified atom stereocenters. The topological polar surface area (TPSA) is 50.9 Å². The van der Waals surface area contributed by atoms with Gasteiger partial charge in [-0.05, 0) is 0 Å². The standard InChI is InChI=1S/C13H16AsClN3O/c1-9(2)14-12-5-13(15)16-7-11(12)10-6-17-18(8-10)3-4-19/h5-9,19H,3-4H2,1-2H3. The van der Waals surface area contributed by atoms with Crippen LogP contribution in [0, 0.1) is 0 Å². The minimum absolute atomic E-state index is 0.0487. The number of rotatable bonds is 5. The van der Waals surface area contributed by atoms with Crippen molar-refractivity contribution in [1.29, 1.82) is 0 Å². The number of hydrogen-bond donors (Lipinski definition) is 1. The van der Waals surface area contributed by atoms with Crippen molar-refractivity contribution in [1.82, 2.24) is 14.8 Å². The monoisotopic (exact) mass is 340 g/mol. The van der Waals surface area contributed by atoms with Crippen LogP contribution in [0.4, 0.5) is 0 Å². The van der Waals surface area contributed by atoms with Crippen LogP contribution in [0.5, 0.6) is 0 Å². The second-order valence-corrected chi connectivity index (χ2v) is 8.57. The summed E-state index contributed by atoms with van der Waals surface area (Å²) >= 11 is 6.04. The van der Waals surface area contributed by atoms with Crippen LogP contribution >= 0.6 is 11.6 Å². The molecule has 2 aromatic heterocycles. The van der Waals surface area contributed by atoms with Crippen molar-refractivity contribution in [2.24, 2.45) is 0 Å². The zero-order chi connectivity index (χ0) is 13.8. The second kappa shape index (κ2) is 6.55. The van der Waals surface area contributed by atoms with Crippen LogP contribution in [0.3, 0.4) is 0 Å². The van der Waals surface area contributed by atoms with E-state index in [1.54, 1.807) is 4.68 Å². The molecule has 2 rings (SSSR count). The third-order valence-electron chi connectivity index (χ3n) is 2.52. The van der Waals surface area contributed by atoms with Crippen molar-refractivity contribution in [3.63, 3.8) is 0 Å². The molecule has 0 fully saturated rings. The Morgan fingerprint density at radius 3 is 2.89 bits per heavy atom. The Balaban J connectivity index is 2.36. The van der Waals surface area contributed by atoms with Gasteiger partial charge in [-0.1, -0.05) is 0 Å². The molecule has 4 nitrogen and oxygen atoms in total. The van der Waals surface area contributed by atoms with Crippen molar-refractivity contribution in [3.8, 4) is 11.1 Å². The summed E-state index contributed by atoms with van der Waals surface area (Å²) in [4.78, 5) is 4.17. The van der Waals surface area contributed by atoms with Crippen LogP contribution < -0.4 is 4.35 Å². The molecule has 0 aliphatic heterocycles. The number of hydrogen-bond acceptors (Lipinski definition) is 3. The summed E-state index contributed by atoms with van der Waals surface area (Å²) in [7, 11) is 0. The van der Waals surface area contributed by atoms with E-state index in [1.807, 2.05) is 24.7 Å². The van der Waals surface area contributed by atoms with Crippen LogP contribution in [-0.4, -0.2) is 42.2 Å². The van der Waals surface area contributed by atoms with Crippen molar-refractivity contribution in [2.45, 2.75) is 25.1 Å². The summed E-state index contributed by atoms with van der Waals surface area (Å²) in [6.07, 6.45) is 5.56. The van der Waals surface area contributed by atoms with E-state index >= 15 is 0 Å². The predicted octanol–water partition coefficient (Wildman–Crippen LogP) is 1.75. The number of halogens is 1. The van der Waals surface area contributed by atoms with E-state index in [1.165, 1.54) is 4.35 Å². The molecule has 0 spiro atoms. The molecule has 0 saturated carbocycles. The Morgan fingerprint density at radius 1 is 1.42 bits per heavy atom. The quantitative estimate of drug-likeness (QED) is 0.666. The Kier molecular flexibility index (Phi) is 5.03. The second-order valence-electron chi connectivity index (χ2n) is 4.46. The van der Waals surface area contributed by atoms with Crippen LogP contribution in [0.2, 0.25) is 9.86 Å². The van der Waals surface area contributed by atoms with Gasteiger partial charge in [-0.25, -0.2) is 0 Å². The maximum atomic E-state index is 8.92. The summed E-state index contributed by atoms with van der Waals surface area (Å²) in [6, 6.07) is 1.96. The Morgan fingerprint density at radius 2 is 2.21 bits per heavy atom. The zero-order valence-electron chi connectivity index (χ0n) is 10.9. The van der Waals surface area contributed by atoms with Crippen LogP contribution in [0.25, 0.3) is 11.1 Å². The van der Waals surface area contributed by atoms with E-state index in [0.29, 0.717) is 16.4 Å². The summed E-state index contributed by atoms with van der Waals surface area (Å²) in [5, 5.41) is 13.7. The van der Waals surface area contributed by atoms with E-state index in [4.69, 9.17) is 16.7 Å². The van der Waals surface area contributed by atoms with E-state index in [2.05, 4.69) is 23.9 Å². The van der Waals surface area contributed by atoms with Gasteiger partial charge in [-0.15, -0.1) is 0 Å². The zero-order valence-corrected chi connectivity index (χ0v) is 13.5. The van der Waals surface area contributed by atoms with Gasteiger partial charge in [0.25, 0.3) is 0 Å². The van der Waals surface area contributed by atoms with Crippen molar-refractivity contribution in [3.05, 3.63) is 29.8 Å². The van der Waals surface area contributed by atoms with E-state index in [9.17, 15) is 0 Å². The van der Waals surface area contributed by atoms with E-state index in [0.717, 1.165) is 11.1 Å². The first-order chi connectivity index (χ1) is 9.10. The van der Waals surface area contributed by atoms with Crippen LogP contribution in [-0.2, 0) is 6.54 Å². The normalized spacial score (nSPS) is 11.8. The Hall–Kier alpha value is -0.832. The number of aliphatic hydroxyl groups excluding tert-OH is 1. The van der Waals surface area contributed by atoms with Crippen molar-refractivity contribution < 1.29 is 5.11 Å². The fourth-order valence-corrected chi connectivity index (χ4v) is 4.34. The number of aromatic nitrogens is 3. The molecule has 6 heteroatoms. The number of pyridine rings is 1. The first kappa shape index (κ1) is 14.6. The maximum absolute atomic E-state index is 8.92. The summed E-state index contributed by atoms with van der Waals surface area (Å²) in [5.74, 6) is 0. The molecule has 1 radical (unpaired) electrons. The van der Waals surface area contributed by atoms with Crippen molar-refractivity contribution in [2.75, 3.05) is 6.61 Å². The van der Waals surface area contributed by atoms with Gasteiger partial charge < -0.3 is 0 Å². The SMILES string of the molecule is CC(C)[As]c1cc(Cl)ncc1-c1cnn(CCO)c1. The molecule has 0 atom stereocenters. The first-order valence-electron chi connectivity index (χ1n) is 6.10. The molecule has 1 N–H and O–H groups in total. The summed E-state index contributed by atoms with van der Waals surface area (Å²) in [6.45, 7) is 5.03. The molecular formula is C13H16AsClN3O. The average Bonchev–Trinajstić information content (AvgIpc) is 2.77. The first-order valence-corrected chi connectivity index (χ1v) is 8.50. The van der Waals surface area contributed by atoms with Gasteiger partial charge in [0.05, 0.1) is 0 Å². The molecule has 0 aromatic carbocycles. The van der Waals surface area contributed by atoms with Crippen molar-refractivity contribution >= 4 is 31.7 Å². The molecule has 2 heterocycles. The van der Waals surface area contributed by atoms with Gasteiger partial charge >= 0.3 is 124 Å². The van der Waals surface area contributed by atoms with Crippen LogP contribution in [0.15, 0.2) is 24.7 Å². The van der Waals surface area contributed by atoms with Crippen LogP contribution in [0.1, 0.15) is 13.8 Å². The fraction of sp³-hybridized carbons (Fsp3) is 0.385. The van der Waals surface area contributed by atoms with Gasteiger partial charge in [0.2, 0.25) is 0 Å². The molecule has 2 aromatic rings. The molecule has 0 saturated heterocycles. The van der Waals surface area contributed by atoms with Gasteiger partial charge in [0, 0.05) is 0 Å². The Labute approximate surface area is 124 Å². The summed E-state index contributed by atoms with van der Waals surface area (Å²) < 4.78 is 3.65. The third kappa shape index (κ3) is 3.82. The van der Waals surface area contributed by atoms with Gasteiger partial charge in [-0.3, -0.25) is 0 Å². The van der Waals surface area contributed by atoms with Gasteiger partial charge in [0.1, 0.15) is 0 Å². The molecule has 0 aliphatic rings. The van der Waals surface area contributed by atoms with Gasteiger partial charge in [-0.2, -0.15) is 0 Å². The third-order valence-corrected chi connectivity index (χ3v) is 5.17. The minimum atomic E-state index is 0.0487. The number of aliphatic hydroxyl groups is 1.